The molecule has 17 heavy (non-hydrogen) atoms. The molecule has 1 aliphatic heterocycles. The molecular formula is C12H20N4O. The predicted octanol–water partition coefficient (Wildman–Crippen LogP) is 0.571. The first kappa shape index (κ1) is 12.3. The Balaban J connectivity index is 2.00. The molecule has 4 N–H and O–H groups in total. The number of piperidine rings is 1. The summed E-state index contributed by atoms with van der Waals surface area (Å²) in [7, 11) is 0. The zero-order chi connectivity index (χ0) is 12.1. The van der Waals surface area contributed by atoms with E-state index in [1.807, 2.05) is 12.1 Å². The molecule has 94 valence electrons. The normalized spacial score (nSPS) is 21.4. The average molecular weight is 236 g/mol. The summed E-state index contributed by atoms with van der Waals surface area (Å²) in [5.41, 5.74) is 3.73. The first-order chi connectivity index (χ1) is 8.33. The molecular weight excluding hydrogens is 216 g/mol. The van der Waals surface area contributed by atoms with E-state index in [4.69, 9.17) is 5.84 Å². The van der Waals surface area contributed by atoms with Crippen molar-refractivity contribution in [3.8, 4) is 0 Å². The quantitative estimate of drug-likeness (QED) is 0.526. The number of rotatable bonds is 4. The number of nitrogens with one attached hydrogen (secondary N) is 1. The second-order valence-electron chi connectivity index (χ2n) is 4.58. The van der Waals surface area contributed by atoms with Crippen LogP contribution < -0.4 is 11.3 Å². The number of pyridine rings is 1. The van der Waals surface area contributed by atoms with Gasteiger partial charge in [0.15, 0.2) is 0 Å². The van der Waals surface area contributed by atoms with Crippen LogP contribution in [0.15, 0.2) is 18.3 Å². The second-order valence-corrected chi connectivity index (χ2v) is 4.58. The second kappa shape index (κ2) is 5.95. The Bertz CT molecular complexity index is 358. The van der Waals surface area contributed by atoms with E-state index < -0.39 is 0 Å². The predicted molar refractivity (Wildman–Crippen MR) is 67.1 cm³/mol. The fraction of sp³-hybridized carbons (Fsp3) is 0.583. The molecule has 0 saturated carbocycles. The number of anilines is 1. The largest absolute Gasteiger partial charge is 0.396 e. The van der Waals surface area contributed by atoms with Gasteiger partial charge < -0.3 is 10.5 Å². The third kappa shape index (κ3) is 3.15. The van der Waals surface area contributed by atoms with Gasteiger partial charge in [-0.25, -0.2) is 10.8 Å². The summed E-state index contributed by atoms with van der Waals surface area (Å²) in [6, 6.07) is 3.95. The van der Waals surface area contributed by atoms with E-state index in [0.29, 0.717) is 5.92 Å². The minimum absolute atomic E-state index is 0.283. The van der Waals surface area contributed by atoms with Crippen molar-refractivity contribution in [1.29, 1.82) is 0 Å². The number of aliphatic hydroxyl groups excluding tert-OH is 1. The van der Waals surface area contributed by atoms with Gasteiger partial charge in [-0.15, -0.1) is 0 Å². The van der Waals surface area contributed by atoms with Crippen molar-refractivity contribution < 1.29 is 5.11 Å². The van der Waals surface area contributed by atoms with E-state index in [1.54, 1.807) is 6.20 Å². The summed E-state index contributed by atoms with van der Waals surface area (Å²) in [5, 5.41) is 9.20. The lowest BCUT2D eigenvalue weighted by Gasteiger charge is -2.32. The Hall–Kier alpha value is -1.17. The number of hydrazine groups is 1. The number of aromatic nitrogens is 1. The maximum Gasteiger partial charge on any atom is 0.144 e. The zero-order valence-electron chi connectivity index (χ0n) is 9.97. The van der Waals surface area contributed by atoms with Crippen LogP contribution in [-0.4, -0.2) is 34.7 Å². The van der Waals surface area contributed by atoms with Crippen LogP contribution in [0.4, 0.5) is 5.82 Å². The van der Waals surface area contributed by atoms with Crippen LogP contribution >= 0.6 is 0 Å². The lowest BCUT2D eigenvalue weighted by atomic mass is 9.98. The molecule has 1 unspecified atom stereocenters. The molecule has 0 amide bonds. The Kier molecular flexibility index (Phi) is 4.30. The molecule has 1 saturated heterocycles. The van der Waals surface area contributed by atoms with Crippen LogP contribution in [0.25, 0.3) is 0 Å². The van der Waals surface area contributed by atoms with Crippen LogP contribution in [0, 0.1) is 5.92 Å². The molecule has 5 nitrogen and oxygen atoms in total. The van der Waals surface area contributed by atoms with Gasteiger partial charge >= 0.3 is 0 Å². The molecule has 0 aliphatic carbocycles. The van der Waals surface area contributed by atoms with Crippen molar-refractivity contribution in [3.05, 3.63) is 23.9 Å². The number of nitrogens with zero attached hydrogens (tertiary/aromatic N) is 2. The van der Waals surface area contributed by atoms with E-state index in [-0.39, 0.29) is 6.61 Å². The van der Waals surface area contributed by atoms with Crippen LogP contribution in [0.2, 0.25) is 0 Å². The summed E-state index contributed by atoms with van der Waals surface area (Å²) < 4.78 is 0. The molecule has 2 rings (SSSR count). The summed E-state index contributed by atoms with van der Waals surface area (Å²) >= 11 is 0. The molecule has 1 aromatic heterocycles. The molecule has 1 aromatic rings. The van der Waals surface area contributed by atoms with E-state index in [0.717, 1.165) is 43.9 Å². The van der Waals surface area contributed by atoms with Gasteiger partial charge in [0, 0.05) is 31.5 Å². The Morgan fingerprint density at radius 2 is 2.47 bits per heavy atom. The number of hydrogen-bond acceptors (Lipinski definition) is 5. The minimum atomic E-state index is 0.283. The van der Waals surface area contributed by atoms with Gasteiger partial charge in [-0.2, -0.15) is 0 Å². The zero-order valence-corrected chi connectivity index (χ0v) is 9.97. The Morgan fingerprint density at radius 3 is 3.24 bits per heavy atom. The van der Waals surface area contributed by atoms with Crippen molar-refractivity contribution in [1.82, 2.24) is 9.88 Å². The van der Waals surface area contributed by atoms with Gasteiger partial charge in [-0.3, -0.25) is 4.90 Å². The molecule has 0 spiro atoms. The van der Waals surface area contributed by atoms with Crippen LogP contribution in [0.3, 0.4) is 0 Å². The smallest absolute Gasteiger partial charge is 0.144 e. The highest BCUT2D eigenvalue weighted by molar-refractivity contribution is 5.42. The monoisotopic (exact) mass is 236 g/mol. The fourth-order valence-corrected chi connectivity index (χ4v) is 2.38. The highest BCUT2D eigenvalue weighted by atomic mass is 16.3. The summed E-state index contributed by atoms with van der Waals surface area (Å²) in [6.07, 6.45) is 4.00. The van der Waals surface area contributed by atoms with E-state index in [9.17, 15) is 5.11 Å². The summed E-state index contributed by atoms with van der Waals surface area (Å²) in [5.74, 6) is 6.58. The first-order valence-corrected chi connectivity index (χ1v) is 6.07. The number of aliphatic hydroxyl groups is 1. The van der Waals surface area contributed by atoms with E-state index in [2.05, 4.69) is 15.3 Å². The van der Waals surface area contributed by atoms with E-state index >= 15 is 0 Å². The van der Waals surface area contributed by atoms with E-state index in [1.165, 1.54) is 0 Å². The third-order valence-corrected chi connectivity index (χ3v) is 3.28. The average Bonchev–Trinajstić information content (AvgIpc) is 2.39. The van der Waals surface area contributed by atoms with Crippen molar-refractivity contribution >= 4 is 5.82 Å². The Labute approximate surface area is 102 Å². The Morgan fingerprint density at radius 1 is 1.59 bits per heavy atom. The van der Waals surface area contributed by atoms with Crippen molar-refractivity contribution in [3.63, 3.8) is 0 Å². The lowest BCUT2D eigenvalue weighted by molar-refractivity contribution is 0.116. The maximum absolute atomic E-state index is 9.20. The van der Waals surface area contributed by atoms with Crippen molar-refractivity contribution in [2.45, 2.75) is 19.4 Å². The van der Waals surface area contributed by atoms with Crippen LogP contribution in [0.5, 0.6) is 0 Å². The molecule has 0 aromatic carbocycles. The highest BCUT2D eigenvalue weighted by Crippen LogP contribution is 2.20. The van der Waals surface area contributed by atoms with Crippen molar-refractivity contribution in [2.24, 2.45) is 11.8 Å². The number of nitrogen functional groups attached to an aromatic ring is 1. The first-order valence-electron chi connectivity index (χ1n) is 6.07. The maximum atomic E-state index is 9.20. The molecule has 1 atom stereocenters. The number of likely N-dealkylation sites (tertiary alicyclic amines) is 1. The highest BCUT2D eigenvalue weighted by Gasteiger charge is 2.19. The third-order valence-electron chi connectivity index (χ3n) is 3.28. The minimum Gasteiger partial charge on any atom is -0.396 e. The summed E-state index contributed by atoms with van der Waals surface area (Å²) in [4.78, 5) is 6.54. The van der Waals surface area contributed by atoms with Gasteiger partial charge in [-0.05, 0) is 31.4 Å². The molecule has 0 bridgehead atoms. The number of nitrogens with two attached hydrogens (primary N) is 1. The van der Waals surface area contributed by atoms with Crippen molar-refractivity contribution in [2.75, 3.05) is 25.1 Å². The van der Waals surface area contributed by atoms with Gasteiger partial charge in [0.1, 0.15) is 5.82 Å². The molecule has 1 aliphatic rings. The fourth-order valence-electron chi connectivity index (χ4n) is 2.38. The molecule has 2 heterocycles. The van der Waals surface area contributed by atoms with Crippen LogP contribution in [-0.2, 0) is 6.54 Å². The summed E-state index contributed by atoms with van der Waals surface area (Å²) in [6.45, 7) is 3.15. The van der Waals surface area contributed by atoms with Gasteiger partial charge in [0.25, 0.3) is 0 Å². The lowest BCUT2D eigenvalue weighted by Crippen LogP contribution is -2.36. The van der Waals surface area contributed by atoms with Crippen LogP contribution in [0.1, 0.15) is 18.4 Å². The standard InChI is InChI=1S/C12H20N4O/c13-15-12-11(4-1-5-14-12)8-16-6-2-3-10(7-16)9-17/h1,4-5,10,17H,2-3,6-9,13H2,(H,14,15). The SMILES string of the molecule is NNc1ncccc1CN1CCCC(CO)C1. The van der Waals surface area contributed by atoms with Gasteiger partial charge in [0.2, 0.25) is 0 Å². The van der Waals surface area contributed by atoms with Gasteiger partial charge in [-0.1, -0.05) is 6.07 Å². The molecule has 5 heteroatoms. The number of hydrogen-bond donors (Lipinski definition) is 3. The molecule has 0 radical (unpaired) electrons. The molecule has 1 fully saturated rings. The van der Waals surface area contributed by atoms with Gasteiger partial charge in [0.05, 0.1) is 0 Å². The topological polar surface area (TPSA) is 74.4 Å².